The quantitative estimate of drug-likeness (QED) is 0.187. The second kappa shape index (κ2) is 9.78. The summed E-state index contributed by atoms with van der Waals surface area (Å²) < 4.78 is 4.94. The fraction of sp³-hybridized carbons (Fsp3) is 0. The lowest BCUT2D eigenvalue weighted by molar-refractivity contribution is 1.25. The Morgan fingerprint density at radius 1 is 0.377 bits per heavy atom. The molecule has 4 nitrogen and oxygen atoms in total. The number of para-hydroxylation sites is 4. The minimum Gasteiger partial charge on any atom is -0.308 e. The molecule has 0 unspecified atom stereocenters. The van der Waals surface area contributed by atoms with Gasteiger partial charge in [-0.1, -0.05) is 121 Å². The normalized spacial score (nSPS) is 12.5. The van der Waals surface area contributed by atoms with Gasteiger partial charge in [0.05, 0.1) is 38.8 Å². The molecular weight excluding hydrogens is 645 g/mol. The van der Waals surface area contributed by atoms with Gasteiger partial charge in [0.25, 0.3) is 0 Å². The second-order valence-corrected chi connectivity index (χ2v) is 14.3. The lowest BCUT2D eigenvalue weighted by Gasteiger charge is -2.26. The van der Waals surface area contributed by atoms with Crippen molar-refractivity contribution in [3.8, 4) is 0 Å². The largest absolute Gasteiger partial charge is 0.308 e. The second-order valence-electron chi connectivity index (χ2n) is 14.3. The summed E-state index contributed by atoms with van der Waals surface area (Å²) in [5.41, 5.74) is 11.4. The van der Waals surface area contributed by atoms with Crippen molar-refractivity contribution in [1.29, 1.82) is 0 Å². The number of rotatable bonds is 3. The van der Waals surface area contributed by atoms with Crippen LogP contribution in [-0.4, -0.2) is 13.8 Å². The molecule has 0 aliphatic rings. The molecule has 0 saturated heterocycles. The molecule has 5 aromatic heterocycles. The molecule has 13 aromatic rings. The maximum atomic E-state index is 5.75. The van der Waals surface area contributed by atoms with E-state index in [1.54, 1.807) is 0 Å². The molecule has 13 rings (SSSR count). The van der Waals surface area contributed by atoms with Gasteiger partial charge in [-0.3, -0.25) is 4.40 Å². The molecule has 4 heteroatoms. The van der Waals surface area contributed by atoms with E-state index in [1.165, 1.54) is 75.8 Å². The number of hydrogen-bond acceptors (Lipinski definition) is 2. The van der Waals surface area contributed by atoms with E-state index in [1.807, 2.05) is 0 Å². The highest BCUT2D eigenvalue weighted by Gasteiger charge is 2.27. The Kier molecular flexibility index (Phi) is 5.08. The smallest absolute Gasteiger partial charge is 0.146 e. The van der Waals surface area contributed by atoms with E-state index in [0.717, 1.165) is 39.3 Å². The van der Waals surface area contributed by atoms with E-state index < -0.39 is 0 Å². The van der Waals surface area contributed by atoms with Gasteiger partial charge >= 0.3 is 0 Å². The highest BCUT2D eigenvalue weighted by Crippen LogP contribution is 2.49. The van der Waals surface area contributed by atoms with E-state index in [-0.39, 0.29) is 0 Å². The first-order valence-corrected chi connectivity index (χ1v) is 18.2. The monoisotopic (exact) mass is 672 g/mol. The SMILES string of the molecule is c1ccc(N(c2ccccc2)c2cccc3c4cc5ccccc5c5c6cc7c(nc6n(c23)c45)c2cccc3c4c5ccccc5ccc4n7c23)cc1. The molecule has 53 heavy (non-hydrogen) atoms. The summed E-state index contributed by atoms with van der Waals surface area (Å²) in [6.07, 6.45) is 0. The van der Waals surface area contributed by atoms with E-state index >= 15 is 0 Å². The summed E-state index contributed by atoms with van der Waals surface area (Å²) in [5, 5.41) is 13.7. The Bertz CT molecular complexity index is 3580. The van der Waals surface area contributed by atoms with Crippen LogP contribution in [0.1, 0.15) is 0 Å². The van der Waals surface area contributed by atoms with E-state index in [9.17, 15) is 0 Å². The van der Waals surface area contributed by atoms with Crippen LogP contribution in [0.15, 0.2) is 170 Å². The van der Waals surface area contributed by atoms with Crippen molar-refractivity contribution in [2.24, 2.45) is 0 Å². The maximum absolute atomic E-state index is 5.75. The number of benzene rings is 8. The van der Waals surface area contributed by atoms with Crippen LogP contribution >= 0.6 is 0 Å². The summed E-state index contributed by atoms with van der Waals surface area (Å²) in [7, 11) is 0. The number of aromatic nitrogens is 3. The lowest BCUT2D eigenvalue weighted by Crippen LogP contribution is -2.10. The van der Waals surface area contributed by atoms with Crippen LogP contribution in [-0.2, 0) is 0 Å². The number of nitrogens with zero attached hydrogens (tertiary/aromatic N) is 4. The molecule has 0 saturated carbocycles. The van der Waals surface area contributed by atoms with Crippen molar-refractivity contribution in [1.82, 2.24) is 13.8 Å². The van der Waals surface area contributed by atoms with Gasteiger partial charge in [0.2, 0.25) is 0 Å². The van der Waals surface area contributed by atoms with E-state index in [2.05, 4.69) is 184 Å². The van der Waals surface area contributed by atoms with Crippen LogP contribution in [0.25, 0.3) is 98.0 Å². The zero-order valence-corrected chi connectivity index (χ0v) is 28.5. The Hall–Kier alpha value is -7.17. The van der Waals surface area contributed by atoms with Gasteiger partial charge in [-0.15, -0.1) is 0 Å². The Labute approximate surface area is 302 Å². The van der Waals surface area contributed by atoms with Gasteiger partial charge in [0.15, 0.2) is 0 Å². The molecule has 0 atom stereocenters. The summed E-state index contributed by atoms with van der Waals surface area (Å²) in [6.45, 7) is 0. The molecule has 0 spiro atoms. The van der Waals surface area contributed by atoms with Crippen LogP contribution in [0.4, 0.5) is 17.1 Å². The zero-order chi connectivity index (χ0) is 34.4. The molecular formula is C49H28N4. The number of pyridine rings is 1. The predicted molar refractivity (Wildman–Crippen MR) is 223 cm³/mol. The van der Waals surface area contributed by atoms with Crippen molar-refractivity contribution >= 4 is 115 Å². The number of anilines is 3. The average molecular weight is 673 g/mol. The van der Waals surface area contributed by atoms with Gasteiger partial charge in [0.1, 0.15) is 5.65 Å². The van der Waals surface area contributed by atoms with E-state index in [0.29, 0.717) is 0 Å². The molecule has 0 aliphatic carbocycles. The Morgan fingerprint density at radius 3 is 1.81 bits per heavy atom. The summed E-state index contributed by atoms with van der Waals surface area (Å²) >= 11 is 0. The van der Waals surface area contributed by atoms with Gasteiger partial charge in [-0.05, 0) is 70.1 Å². The fourth-order valence-corrected chi connectivity index (χ4v) is 9.61. The van der Waals surface area contributed by atoms with Gasteiger partial charge in [-0.2, -0.15) is 0 Å². The van der Waals surface area contributed by atoms with Crippen molar-refractivity contribution in [3.63, 3.8) is 0 Å². The van der Waals surface area contributed by atoms with Crippen molar-refractivity contribution in [2.45, 2.75) is 0 Å². The van der Waals surface area contributed by atoms with Crippen molar-refractivity contribution in [2.75, 3.05) is 4.90 Å². The molecule has 0 radical (unpaired) electrons. The topological polar surface area (TPSA) is 25.0 Å². The molecule has 0 fully saturated rings. The number of hydrogen-bond donors (Lipinski definition) is 0. The lowest BCUT2D eigenvalue weighted by atomic mass is 10.00. The third-order valence-corrected chi connectivity index (χ3v) is 11.7. The highest BCUT2D eigenvalue weighted by atomic mass is 15.2. The minimum atomic E-state index is 0.987. The molecule has 0 amide bonds. The van der Waals surface area contributed by atoms with Gasteiger partial charge < -0.3 is 9.30 Å². The van der Waals surface area contributed by atoms with Crippen LogP contribution in [0.3, 0.4) is 0 Å². The molecule has 8 aromatic carbocycles. The summed E-state index contributed by atoms with van der Waals surface area (Å²) in [5.74, 6) is 0. The van der Waals surface area contributed by atoms with Crippen LogP contribution in [0.2, 0.25) is 0 Å². The summed E-state index contributed by atoms with van der Waals surface area (Å²) in [4.78, 5) is 8.14. The third-order valence-electron chi connectivity index (χ3n) is 11.7. The third kappa shape index (κ3) is 3.39. The predicted octanol–water partition coefficient (Wildman–Crippen LogP) is 13.2. The van der Waals surface area contributed by atoms with Crippen LogP contribution < -0.4 is 4.90 Å². The molecule has 0 bridgehead atoms. The molecule has 5 heterocycles. The zero-order valence-electron chi connectivity index (χ0n) is 28.5. The van der Waals surface area contributed by atoms with Gasteiger partial charge in [0, 0.05) is 49.1 Å². The highest BCUT2D eigenvalue weighted by molar-refractivity contribution is 6.34. The molecule has 244 valence electrons. The minimum absolute atomic E-state index is 0.987. The fourth-order valence-electron chi connectivity index (χ4n) is 9.61. The van der Waals surface area contributed by atoms with Crippen LogP contribution in [0, 0.1) is 0 Å². The first kappa shape index (κ1) is 27.5. The molecule has 0 N–H and O–H groups in total. The first-order valence-electron chi connectivity index (χ1n) is 18.2. The number of fused-ring (bicyclic) bond motifs is 16. The standard InChI is InChI=1S/C49H28N4/c1-3-15-31(16-4-1)51(32-17-5-2-6-18-32)41-24-12-21-35-38-27-30-14-8-10-20-34(30)44-39-28-42-45(50-49(39)53(47(35)41)48(38)44)37-23-11-22-36-43-33-19-9-7-13-29(33)25-26-40(43)52(42)46(36)37/h1-28H. The maximum Gasteiger partial charge on any atom is 0.146 e. The van der Waals surface area contributed by atoms with Crippen molar-refractivity contribution in [3.05, 3.63) is 170 Å². The van der Waals surface area contributed by atoms with Gasteiger partial charge in [-0.25, -0.2) is 4.98 Å². The van der Waals surface area contributed by atoms with Crippen LogP contribution in [0.5, 0.6) is 0 Å². The summed E-state index contributed by atoms with van der Waals surface area (Å²) in [6, 6.07) is 61.9. The van der Waals surface area contributed by atoms with E-state index in [4.69, 9.17) is 4.98 Å². The first-order chi connectivity index (χ1) is 26.3. The average Bonchev–Trinajstić information content (AvgIpc) is 3.94. The van der Waals surface area contributed by atoms with Crippen molar-refractivity contribution < 1.29 is 0 Å². The Morgan fingerprint density at radius 2 is 1.02 bits per heavy atom. The molecule has 0 aliphatic heterocycles. The Balaban J connectivity index is 1.25.